The number of phenolic OH excluding ortho intramolecular Hbond substituents is 1. The molecular formula is C31H32O8. The minimum Gasteiger partial charge on any atom is -0.504 e. The first kappa shape index (κ1) is 26.3. The summed E-state index contributed by atoms with van der Waals surface area (Å²) in [5.74, 6) is 1.26. The quantitative estimate of drug-likeness (QED) is 0.308. The van der Waals surface area contributed by atoms with E-state index in [0.717, 1.165) is 11.1 Å². The predicted octanol–water partition coefficient (Wildman–Crippen LogP) is 5.94. The van der Waals surface area contributed by atoms with Crippen molar-refractivity contribution in [2.24, 2.45) is 11.8 Å². The molecule has 8 heteroatoms. The second-order valence-electron chi connectivity index (χ2n) is 9.74. The van der Waals surface area contributed by atoms with Crippen molar-refractivity contribution in [3.63, 3.8) is 0 Å². The van der Waals surface area contributed by atoms with Gasteiger partial charge in [0.1, 0.15) is 6.10 Å². The lowest BCUT2D eigenvalue weighted by molar-refractivity contribution is -0.146. The number of methoxy groups -OCH3 is 3. The molecule has 0 unspecified atom stereocenters. The largest absolute Gasteiger partial charge is 0.504 e. The summed E-state index contributed by atoms with van der Waals surface area (Å²) in [4.78, 5) is 13.1. The van der Waals surface area contributed by atoms with Crippen LogP contribution in [0.25, 0.3) is 17.2 Å². The van der Waals surface area contributed by atoms with Gasteiger partial charge in [-0.05, 0) is 41.7 Å². The van der Waals surface area contributed by atoms with Crippen molar-refractivity contribution in [1.82, 2.24) is 0 Å². The molecule has 0 aromatic heterocycles. The van der Waals surface area contributed by atoms with Gasteiger partial charge in [0.25, 0.3) is 0 Å². The maximum absolute atomic E-state index is 13.1. The van der Waals surface area contributed by atoms with Crippen LogP contribution in [0.15, 0.2) is 48.5 Å². The molecule has 0 saturated heterocycles. The van der Waals surface area contributed by atoms with Gasteiger partial charge in [-0.3, -0.25) is 0 Å². The van der Waals surface area contributed by atoms with Crippen LogP contribution in [0.3, 0.4) is 0 Å². The molecule has 8 nitrogen and oxygen atoms in total. The zero-order chi connectivity index (χ0) is 27.7. The van der Waals surface area contributed by atoms with Gasteiger partial charge in [-0.15, -0.1) is 0 Å². The van der Waals surface area contributed by atoms with E-state index in [1.807, 2.05) is 43.3 Å². The van der Waals surface area contributed by atoms with Gasteiger partial charge in [0.05, 0.1) is 21.3 Å². The first-order valence-electron chi connectivity index (χ1n) is 12.8. The highest BCUT2D eigenvalue weighted by molar-refractivity contribution is 5.90. The lowest BCUT2D eigenvalue weighted by Gasteiger charge is -2.34. The lowest BCUT2D eigenvalue weighted by atomic mass is 9.76. The monoisotopic (exact) mass is 532 g/mol. The van der Waals surface area contributed by atoms with E-state index in [1.54, 1.807) is 19.3 Å². The number of aromatic hydroxyl groups is 1. The van der Waals surface area contributed by atoms with Crippen LogP contribution < -0.4 is 23.7 Å². The van der Waals surface area contributed by atoms with Crippen molar-refractivity contribution in [2.45, 2.75) is 26.4 Å². The van der Waals surface area contributed by atoms with Crippen LogP contribution in [0.4, 0.5) is 0 Å². The summed E-state index contributed by atoms with van der Waals surface area (Å²) in [6, 6.07) is 13.2. The number of hydrogen-bond donors (Lipinski definition) is 1. The highest BCUT2D eigenvalue weighted by Gasteiger charge is 2.39. The minimum atomic E-state index is -0.700. The van der Waals surface area contributed by atoms with Crippen LogP contribution in [0.2, 0.25) is 0 Å². The van der Waals surface area contributed by atoms with Crippen LogP contribution >= 0.6 is 0 Å². The molecule has 3 atom stereocenters. The van der Waals surface area contributed by atoms with E-state index in [-0.39, 0.29) is 30.1 Å². The third-order valence-electron chi connectivity index (χ3n) is 7.51. The van der Waals surface area contributed by atoms with Crippen LogP contribution in [0.1, 0.15) is 36.6 Å². The van der Waals surface area contributed by atoms with Gasteiger partial charge >= 0.3 is 5.97 Å². The van der Waals surface area contributed by atoms with Gasteiger partial charge in [-0.1, -0.05) is 44.2 Å². The molecule has 0 bridgehead atoms. The van der Waals surface area contributed by atoms with Gasteiger partial charge < -0.3 is 33.5 Å². The van der Waals surface area contributed by atoms with Crippen molar-refractivity contribution in [2.75, 3.05) is 28.1 Å². The molecule has 3 aromatic carbocycles. The fourth-order valence-corrected chi connectivity index (χ4v) is 5.35. The molecule has 0 amide bonds. The Bertz CT molecular complexity index is 1410. The summed E-state index contributed by atoms with van der Waals surface area (Å²) in [6.07, 6.45) is 3.04. The Hall–Kier alpha value is -4.33. The molecule has 5 rings (SSSR count). The summed E-state index contributed by atoms with van der Waals surface area (Å²) in [6.45, 7) is 4.12. The summed E-state index contributed by atoms with van der Waals surface area (Å²) in [5.41, 5.74) is 3.43. The Morgan fingerprint density at radius 3 is 2.41 bits per heavy atom. The fraction of sp³-hybridized carbons (Fsp3) is 0.323. The average Bonchev–Trinajstić information content (AvgIpc) is 3.43. The van der Waals surface area contributed by atoms with Gasteiger partial charge in [-0.25, -0.2) is 4.79 Å². The number of phenols is 1. The highest BCUT2D eigenvalue weighted by Crippen LogP contribution is 2.58. The molecule has 1 heterocycles. The van der Waals surface area contributed by atoms with Crippen molar-refractivity contribution in [1.29, 1.82) is 0 Å². The second-order valence-corrected chi connectivity index (χ2v) is 9.74. The van der Waals surface area contributed by atoms with Crippen LogP contribution in [-0.4, -0.2) is 39.2 Å². The molecule has 39 heavy (non-hydrogen) atoms. The molecule has 2 aliphatic rings. The van der Waals surface area contributed by atoms with Gasteiger partial charge in [0.15, 0.2) is 23.0 Å². The Morgan fingerprint density at radius 1 is 0.974 bits per heavy atom. The van der Waals surface area contributed by atoms with E-state index in [9.17, 15) is 9.90 Å². The summed E-state index contributed by atoms with van der Waals surface area (Å²) in [5, 5.41) is 11.6. The standard InChI is InChI=1S/C31H32O8/c1-17-13-20-14-22(34-3)30(35-4)31(36-5)25(20)26-21(15-23-29(27(26)33)38-16-37-23)28(18(17)2)39-24(32)12-11-19-9-7-6-8-10-19/h6-12,14-15,17-18,28,33H,13,16H2,1-5H3/t17-,18-,28+/m1/s1. The molecule has 0 spiro atoms. The van der Waals surface area contributed by atoms with Crippen LogP contribution in [0, 0.1) is 11.8 Å². The molecule has 0 saturated carbocycles. The number of carbonyl (C=O) groups excluding carboxylic acids is 1. The Morgan fingerprint density at radius 2 is 1.72 bits per heavy atom. The smallest absolute Gasteiger partial charge is 0.331 e. The number of rotatable bonds is 6. The maximum atomic E-state index is 13.1. The van der Waals surface area contributed by atoms with Crippen LogP contribution in [-0.2, 0) is 16.0 Å². The predicted molar refractivity (Wildman–Crippen MR) is 146 cm³/mol. The van der Waals surface area contributed by atoms with E-state index in [0.29, 0.717) is 46.1 Å². The summed E-state index contributed by atoms with van der Waals surface area (Å²) >= 11 is 0. The number of esters is 1. The van der Waals surface area contributed by atoms with E-state index >= 15 is 0 Å². The summed E-state index contributed by atoms with van der Waals surface area (Å²) < 4.78 is 34.6. The zero-order valence-electron chi connectivity index (χ0n) is 22.6. The van der Waals surface area contributed by atoms with Gasteiger partial charge in [-0.2, -0.15) is 0 Å². The molecule has 0 radical (unpaired) electrons. The third-order valence-corrected chi connectivity index (χ3v) is 7.51. The third kappa shape index (κ3) is 4.71. The van der Waals surface area contributed by atoms with E-state index in [4.69, 9.17) is 28.4 Å². The van der Waals surface area contributed by atoms with Crippen molar-refractivity contribution < 1.29 is 38.3 Å². The Balaban J connectivity index is 1.71. The number of hydrogen-bond acceptors (Lipinski definition) is 8. The minimum absolute atomic E-state index is 0.0298. The normalized spacial score (nSPS) is 19.5. The molecular weight excluding hydrogens is 500 g/mol. The number of fused-ring (bicyclic) bond motifs is 4. The lowest BCUT2D eigenvalue weighted by Crippen LogP contribution is -2.26. The number of benzene rings is 3. The maximum Gasteiger partial charge on any atom is 0.331 e. The van der Waals surface area contributed by atoms with Crippen molar-refractivity contribution in [3.8, 4) is 45.6 Å². The average molecular weight is 533 g/mol. The van der Waals surface area contributed by atoms with Crippen molar-refractivity contribution in [3.05, 3.63) is 65.2 Å². The van der Waals surface area contributed by atoms with Crippen molar-refractivity contribution >= 4 is 12.0 Å². The molecule has 204 valence electrons. The molecule has 1 aliphatic carbocycles. The topological polar surface area (TPSA) is 92.7 Å². The summed E-state index contributed by atoms with van der Waals surface area (Å²) in [7, 11) is 4.64. The van der Waals surface area contributed by atoms with Crippen LogP contribution in [0.5, 0.6) is 34.5 Å². The van der Waals surface area contributed by atoms with E-state index in [2.05, 4.69) is 6.92 Å². The van der Waals surface area contributed by atoms with E-state index in [1.165, 1.54) is 20.3 Å². The number of carbonyl (C=O) groups is 1. The second kappa shape index (κ2) is 10.8. The zero-order valence-corrected chi connectivity index (χ0v) is 22.6. The molecule has 1 N–H and O–H groups in total. The molecule has 1 aliphatic heterocycles. The SMILES string of the molecule is COc1cc2c(c(OC)c1OC)-c1c(cc3c(c1O)OCO3)[C@@H](OC(=O)C=Cc1ccccc1)[C@H](C)[C@H](C)C2. The first-order chi connectivity index (χ1) is 18.9. The fourth-order valence-electron chi connectivity index (χ4n) is 5.35. The Labute approximate surface area is 227 Å². The van der Waals surface area contributed by atoms with Gasteiger partial charge in [0.2, 0.25) is 18.3 Å². The number of ether oxygens (including phenoxy) is 6. The molecule has 0 fully saturated rings. The Kier molecular flexibility index (Phi) is 7.28. The molecule has 3 aromatic rings. The van der Waals surface area contributed by atoms with E-state index < -0.39 is 12.1 Å². The highest BCUT2D eigenvalue weighted by atomic mass is 16.7. The van der Waals surface area contributed by atoms with Gasteiger partial charge in [0, 0.05) is 28.7 Å². The first-order valence-corrected chi connectivity index (χ1v) is 12.8.